The fourth-order valence-corrected chi connectivity index (χ4v) is 5.62. The fourth-order valence-electron chi connectivity index (χ4n) is 5.62. The summed E-state index contributed by atoms with van der Waals surface area (Å²) < 4.78 is 11.3. The number of rotatable bonds is 4. The minimum atomic E-state index is 0.0631. The van der Waals surface area contributed by atoms with E-state index in [1.54, 1.807) is 0 Å². The predicted octanol–water partition coefficient (Wildman–Crippen LogP) is 2.41. The van der Waals surface area contributed by atoms with Crippen LogP contribution in [-0.2, 0) is 16.1 Å². The maximum absolute atomic E-state index is 13.0. The Morgan fingerprint density at radius 3 is 2.71 bits per heavy atom. The Hall–Kier alpha value is -2.32. The summed E-state index contributed by atoms with van der Waals surface area (Å²) in [6.45, 7) is 7.61. The third-order valence-electron chi connectivity index (χ3n) is 7.33. The molecule has 8 heteroatoms. The van der Waals surface area contributed by atoms with Gasteiger partial charge in [0.1, 0.15) is 0 Å². The van der Waals surface area contributed by atoms with E-state index in [1.807, 2.05) is 25.4 Å². The van der Waals surface area contributed by atoms with Gasteiger partial charge in [0.25, 0.3) is 0 Å². The van der Waals surface area contributed by atoms with Gasteiger partial charge in [0.15, 0.2) is 0 Å². The molecule has 0 radical (unpaired) electrons. The largest absolute Gasteiger partial charge is 0.425 e. The van der Waals surface area contributed by atoms with Crippen molar-refractivity contribution in [3.63, 3.8) is 0 Å². The molecule has 166 valence electrons. The minimum Gasteiger partial charge on any atom is -0.425 e. The second-order valence-corrected chi connectivity index (χ2v) is 9.32. The summed E-state index contributed by atoms with van der Waals surface area (Å²) in [7, 11) is 0. The van der Waals surface area contributed by atoms with Gasteiger partial charge in [-0.25, -0.2) is 0 Å². The number of aryl methyl sites for hydroxylation is 1. The van der Waals surface area contributed by atoms with Gasteiger partial charge in [0.05, 0.1) is 5.92 Å². The Bertz CT molecular complexity index is 888. The number of carbonyl (C=O) groups is 1. The van der Waals surface area contributed by atoms with Gasteiger partial charge in [0.2, 0.25) is 17.7 Å². The number of likely N-dealkylation sites (tertiary alicyclic amines) is 2. The van der Waals surface area contributed by atoms with Gasteiger partial charge < -0.3 is 14.1 Å². The van der Waals surface area contributed by atoms with Crippen molar-refractivity contribution in [2.45, 2.75) is 45.1 Å². The molecule has 1 amide bonds. The zero-order valence-corrected chi connectivity index (χ0v) is 18.2. The molecular weight excluding hydrogens is 394 g/mol. The topological polar surface area (TPSA) is 84.6 Å². The number of hydrogen-bond donors (Lipinski definition) is 0. The number of nitrogens with zero attached hydrogens (tertiary/aromatic N) is 5. The second-order valence-electron chi connectivity index (χ2n) is 9.32. The first-order valence-corrected chi connectivity index (χ1v) is 11.4. The van der Waals surface area contributed by atoms with Crippen LogP contribution in [0.1, 0.15) is 48.9 Å². The third kappa shape index (κ3) is 4.23. The van der Waals surface area contributed by atoms with Crippen molar-refractivity contribution >= 4 is 5.91 Å². The lowest BCUT2D eigenvalue weighted by Crippen LogP contribution is -2.48. The maximum atomic E-state index is 13.0. The van der Waals surface area contributed by atoms with Crippen molar-refractivity contribution < 1.29 is 13.9 Å². The van der Waals surface area contributed by atoms with Gasteiger partial charge in [-0.05, 0) is 42.7 Å². The summed E-state index contributed by atoms with van der Waals surface area (Å²) in [5, 5.41) is 8.50. The molecule has 1 spiro atoms. The van der Waals surface area contributed by atoms with Crippen molar-refractivity contribution in [2.75, 3.05) is 39.4 Å². The quantitative estimate of drug-likeness (QED) is 0.744. The van der Waals surface area contributed by atoms with Crippen molar-refractivity contribution in [1.29, 1.82) is 0 Å². The van der Waals surface area contributed by atoms with Gasteiger partial charge in [-0.2, -0.15) is 0 Å². The van der Waals surface area contributed by atoms with Crippen LogP contribution >= 0.6 is 0 Å². The van der Waals surface area contributed by atoms with Gasteiger partial charge in [0, 0.05) is 71.2 Å². The first-order chi connectivity index (χ1) is 15.1. The van der Waals surface area contributed by atoms with E-state index in [1.165, 1.54) is 5.56 Å². The lowest BCUT2D eigenvalue weighted by atomic mass is 9.70. The molecule has 5 heterocycles. The standard InChI is InChI=1S/C23H31N5O3/c1-17-25-26-21(31-17)20-15-27(14-18-3-2-8-24-13-18)16-23(20)6-9-28(10-7-23)22(29)19-4-11-30-12-5-19/h2-3,8,13,19-20H,4-7,9-12,14-16H2,1H3. The summed E-state index contributed by atoms with van der Waals surface area (Å²) in [6, 6.07) is 4.11. The molecule has 0 saturated carbocycles. The predicted molar refractivity (Wildman–Crippen MR) is 113 cm³/mol. The summed E-state index contributed by atoms with van der Waals surface area (Å²) in [5.74, 6) is 2.00. The van der Waals surface area contributed by atoms with E-state index < -0.39 is 0 Å². The number of carbonyl (C=O) groups excluding carboxylic acids is 1. The first kappa shape index (κ1) is 20.6. The Kier molecular flexibility index (Phi) is 5.75. The molecule has 1 atom stereocenters. The molecule has 5 rings (SSSR count). The van der Waals surface area contributed by atoms with Crippen LogP contribution in [0.2, 0.25) is 0 Å². The molecule has 3 aliphatic rings. The smallest absolute Gasteiger partial charge is 0.225 e. The molecule has 3 aliphatic heterocycles. The van der Waals surface area contributed by atoms with Crippen LogP contribution in [-0.4, -0.2) is 70.3 Å². The van der Waals surface area contributed by atoms with E-state index >= 15 is 0 Å². The van der Waals surface area contributed by atoms with Crippen LogP contribution in [0.15, 0.2) is 28.9 Å². The molecule has 31 heavy (non-hydrogen) atoms. The van der Waals surface area contributed by atoms with E-state index in [-0.39, 0.29) is 17.3 Å². The average molecular weight is 426 g/mol. The Labute approximate surface area is 183 Å². The SMILES string of the molecule is Cc1nnc(C2CN(Cc3cccnc3)CC23CCN(C(=O)C2CCOCC2)CC3)o1. The van der Waals surface area contributed by atoms with Gasteiger partial charge in [-0.15, -0.1) is 10.2 Å². The summed E-state index contributed by atoms with van der Waals surface area (Å²) in [4.78, 5) is 21.9. The van der Waals surface area contributed by atoms with Crippen molar-refractivity contribution in [3.05, 3.63) is 41.9 Å². The number of pyridine rings is 1. The van der Waals surface area contributed by atoms with Crippen LogP contribution in [0, 0.1) is 18.3 Å². The molecule has 3 fully saturated rings. The number of amides is 1. The number of ether oxygens (including phenoxy) is 1. The van der Waals surface area contributed by atoms with Crippen LogP contribution < -0.4 is 0 Å². The average Bonchev–Trinajstić information content (AvgIpc) is 3.38. The lowest BCUT2D eigenvalue weighted by Gasteiger charge is -2.43. The van der Waals surface area contributed by atoms with Crippen LogP contribution in [0.3, 0.4) is 0 Å². The molecule has 8 nitrogen and oxygen atoms in total. The molecule has 0 aromatic carbocycles. The minimum absolute atomic E-state index is 0.0631. The van der Waals surface area contributed by atoms with Crippen molar-refractivity contribution in [3.8, 4) is 0 Å². The first-order valence-electron chi connectivity index (χ1n) is 11.4. The highest BCUT2D eigenvalue weighted by Crippen LogP contribution is 2.50. The van der Waals surface area contributed by atoms with E-state index in [9.17, 15) is 4.79 Å². The highest BCUT2D eigenvalue weighted by molar-refractivity contribution is 5.79. The zero-order chi connectivity index (χ0) is 21.3. The van der Waals surface area contributed by atoms with E-state index in [2.05, 4.69) is 31.0 Å². The highest BCUT2D eigenvalue weighted by Gasteiger charge is 2.51. The molecule has 2 aromatic heterocycles. The van der Waals surface area contributed by atoms with Gasteiger partial charge >= 0.3 is 0 Å². The van der Waals surface area contributed by atoms with Crippen LogP contribution in [0.25, 0.3) is 0 Å². The van der Waals surface area contributed by atoms with E-state index in [0.29, 0.717) is 25.0 Å². The molecule has 1 unspecified atom stereocenters. The zero-order valence-electron chi connectivity index (χ0n) is 18.2. The lowest BCUT2D eigenvalue weighted by molar-refractivity contribution is -0.141. The molecule has 2 aromatic rings. The highest BCUT2D eigenvalue weighted by atomic mass is 16.5. The normalized spacial score (nSPS) is 24.7. The number of hydrogen-bond acceptors (Lipinski definition) is 7. The van der Waals surface area contributed by atoms with Crippen molar-refractivity contribution in [1.82, 2.24) is 25.0 Å². The molecule has 3 saturated heterocycles. The molecular formula is C23H31N5O3. The fraction of sp³-hybridized carbons (Fsp3) is 0.652. The molecule has 0 bridgehead atoms. The van der Waals surface area contributed by atoms with Crippen LogP contribution in [0.4, 0.5) is 0 Å². The van der Waals surface area contributed by atoms with Gasteiger partial charge in [-0.3, -0.25) is 14.7 Å². The van der Waals surface area contributed by atoms with Crippen molar-refractivity contribution in [2.24, 2.45) is 11.3 Å². The summed E-state index contributed by atoms with van der Waals surface area (Å²) in [5.41, 5.74) is 1.28. The van der Waals surface area contributed by atoms with Crippen LogP contribution in [0.5, 0.6) is 0 Å². The third-order valence-corrected chi connectivity index (χ3v) is 7.33. The Balaban J connectivity index is 1.31. The summed E-state index contributed by atoms with van der Waals surface area (Å²) >= 11 is 0. The summed E-state index contributed by atoms with van der Waals surface area (Å²) in [6.07, 6.45) is 7.39. The monoisotopic (exact) mass is 425 g/mol. The number of aromatic nitrogens is 3. The van der Waals surface area contributed by atoms with E-state index in [4.69, 9.17) is 9.15 Å². The number of piperidine rings is 1. The van der Waals surface area contributed by atoms with E-state index in [0.717, 1.165) is 64.3 Å². The van der Waals surface area contributed by atoms with Gasteiger partial charge in [-0.1, -0.05) is 6.07 Å². The molecule has 0 aliphatic carbocycles. The maximum Gasteiger partial charge on any atom is 0.225 e. The second kappa shape index (κ2) is 8.67. The molecule has 0 N–H and O–H groups in total. The Morgan fingerprint density at radius 1 is 1.23 bits per heavy atom. The Morgan fingerprint density at radius 2 is 2.03 bits per heavy atom.